The Hall–Kier alpha value is -4.41. The highest BCUT2D eigenvalue weighted by Crippen LogP contribution is 2.38. The van der Waals surface area contributed by atoms with Crippen LogP contribution in [-0.4, -0.2) is 91.2 Å². The molecule has 0 unspecified atom stereocenters. The van der Waals surface area contributed by atoms with Gasteiger partial charge < -0.3 is 29.7 Å². The standard InChI is InChI=1S/C33H42N8O2/c1-38(2)21-22-39(3)29-24-30(43-4)27(23-26(29)35-32(42)13-10-19-40-17-8-5-9-18-40)36-33-34-16-14-31(37-33)41-20-15-25-11-6-7-12-28(25)41/h6-7,10-16,20,23-24H,5,8-9,17-19,21-22H2,1-4H3,(H,35,42)(H,34,36,37)/b13-10+. The average molecular weight is 583 g/mol. The van der Waals surface area contributed by atoms with Gasteiger partial charge in [-0.3, -0.25) is 9.69 Å². The fraction of sp³-hybridized carbons (Fsp3) is 0.364. The molecule has 1 saturated heterocycles. The Morgan fingerprint density at radius 3 is 2.63 bits per heavy atom. The number of aromatic nitrogens is 3. The molecule has 3 heterocycles. The summed E-state index contributed by atoms with van der Waals surface area (Å²) < 4.78 is 7.83. The van der Waals surface area contributed by atoms with Crippen molar-refractivity contribution >= 4 is 39.8 Å². The summed E-state index contributed by atoms with van der Waals surface area (Å²) in [6.45, 7) is 4.58. The van der Waals surface area contributed by atoms with Gasteiger partial charge in [-0.2, -0.15) is 4.98 Å². The molecule has 2 N–H and O–H groups in total. The zero-order chi connectivity index (χ0) is 30.2. The van der Waals surface area contributed by atoms with Crippen molar-refractivity contribution in [3.63, 3.8) is 0 Å². The number of nitrogens with one attached hydrogen (secondary N) is 2. The lowest BCUT2D eigenvalue weighted by molar-refractivity contribution is -0.111. The number of hydrogen-bond donors (Lipinski definition) is 2. The Kier molecular flexibility index (Phi) is 9.91. The molecular formula is C33H42N8O2. The minimum atomic E-state index is -0.173. The van der Waals surface area contributed by atoms with Crippen molar-refractivity contribution in [1.82, 2.24) is 24.3 Å². The maximum Gasteiger partial charge on any atom is 0.248 e. The van der Waals surface area contributed by atoms with E-state index in [2.05, 4.69) is 48.5 Å². The molecule has 0 atom stereocenters. The third-order valence-electron chi connectivity index (χ3n) is 7.68. The van der Waals surface area contributed by atoms with Gasteiger partial charge in [0.1, 0.15) is 11.6 Å². The van der Waals surface area contributed by atoms with E-state index in [1.54, 1.807) is 19.4 Å². The molecule has 1 fully saturated rings. The monoisotopic (exact) mass is 582 g/mol. The molecule has 0 radical (unpaired) electrons. The molecule has 4 aromatic rings. The van der Waals surface area contributed by atoms with E-state index in [1.165, 1.54) is 19.3 Å². The number of likely N-dealkylation sites (tertiary alicyclic amines) is 1. The van der Waals surface area contributed by atoms with Gasteiger partial charge in [-0.1, -0.05) is 30.7 Å². The Bertz CT molecular complexity index is 1560. The van der Waals surface area contributed by atoms with Crippen molar-refractivity contribution in [2.45, 2.75) is 19.3 Å². The Labute approximate surface area is 254 Å². The first-order valence-corrected chi connectivity index (χ1v) is 14.9. The van der Waals surface area contributed by atoms with Crippen molar-refractivity contribution in [2.75, 3.05) is 76.5 Å². The number of carbonyl (C=O) groups is 1. The average Bonchev–Trinajstić information content (AvgIpc) is 3.45. The number of hydrogen-bond acceptors (Lipinski definition) is 8. The second kappa shape index (κ2) is 14.2. The fourth-order valence-corrected chi connectivity index (χ4v) is 5.29. The van der Waals surface area contributed by atoms with Gasteiger partial charge in [0.25, 0.3) is 0 Å². The van der Waals surface area contributed by atoms with Crippen molar-refractivity contribution in [3.8, 4) is 11.6 Å². The van der Waals surface area contributed by atoms with E-state index in [1.807, 2.05) is 68.3 Å². The molecular weight excluding hydrogens is 540 g/mol. The molecule has 10 heteroatoms. The Morgan fingerprint density at radius 2 is 1.84 bits per heavy atom. The van der Waals surface area contributed by atoms with Crippen LogP contribution < -0.4 is 20.3 Å². The van der Waals surface area contributed by atoms with Gasteiger partial charge >= 0.3 is 0 Å². The summed E-state index contributed by atoms with van der Waals surface area (Å²) in [5.74, 6) is 1.60. The summed E-state index contributed by atoms with van der Waals surface area (Å²) in [5.41, 5.74) is 3.24. The molecule has 5 rings (SSSR count). The summed E-state index contributed by atoms with van der Waals surface area (Å²) >= 11 is 0. The van der Waals surface area contributed by atoms with Crippen LogP contribution in [0, 0.1) is 0 Å². The topological polar surface area (TPSA) is 90.8 Å². The lowest BCUT2D eigenvalue weighted by atomic mass is 10.1. The minimum Gasteiger partial charge on any atom is -0.494 e. The van der Waals surface area contributed by atoms with Gasteiger partial charge in [-0.25, -0.2) is 4.98 Å². The fourth-order valence-electron chi connectivity index (χ4n) is 5.29. The van der Waals surface area contributed by atoms with Crippen LogP contribution in [0.1, 0.15) is 19.3 Å². The van der Waals surface area contributed by atoms with E-state index < -0.39 is 0 Å². The number of piperidine rings is 1. The molecule has 1 aliphatic rings. The summed E-state index contributed by atoms with van der Waals surface area (Å²) in [4.78, 5) is 29.0. The van der Waals surface area contributed by atoms with Crippen molar-refractivity contribution in [3.05, 3.63) is 73.1 Å². The number of nitrogens with zero attached hydrogens (tertiary/aromatic N) is 6. The maximum absolute atomic E-state index is 13.1. The van der Waals surface area contributed by atoms with Crippen LogP contribution in [0.2, 0.25) is 0 Å². The maximum atomic E-state index is 13.1. The molecule has 0 aliphatic carbocycles. The van der Waals surface area contributed by atoms with E-state index in [0.717, 1.165) is 55.1 Å². The highest BCUT2D eigenvalue weighted by molar-refractivity contribution is 6.02. The number of amides is 1. The number of anilines is 4. The molecule has 0 bridgehead atoms. The number of para-hydroxylation sites is 1. The zero-order valence-electron chi connectivity index (χ0n) is 25.6. The van der Waals surface area contributed by atoms with Crippen molar-refractivity contribution < 1.29 is 9.53 Å². The van der Waals surface area contributed by atoms with E-state index in [-0.39, 0.29) is 5.91 Å². The van der Waals surface area contributed by atoms with Crippen LogP contribution in [0.15, 0.2) is 73.1 Å². The lowest BCUT2D eigenvalue weighted by Gasteiger charge is -2.26. The van der Waals surface area contributed by atoms with Crippen molar-refractivity contribution in [1.29, 1.82) is 0 Å². The van der Waals surface area contributed by atoms with E-state index >= 15 is 0 Å². The van der Waals surface area contributed by atoms with Crippen LogP contribution in [-0.2, 0) is 4.79 Å². The number of rotatable bonds is 12. The van der Waals surface area contributed by atoms with Gasteiger partial charge in [-0.05, 0) is 69.7 Å². The third kappa shape index (κ3) is 7.71. The Balaban J connectivity index is 1.41. The minimum absolute atomic E-state index is 0.173. The number of likely N-dealkylation sites (N-methyl/N-ethyl adjacent to an activating group) is 2. The number of ether oxygens (including phenoxy) is 1. The van der Waals surface area contributed by atoms with Crippen LogP contribution >= 0.6 is 0 Å². The molecule has 0 spiro atoms. The molecule has 43 heavy (non-hydrogen) atoms. The Morgan fingerprint density at radius 1 is 1.02 bits per heavy atom. The molecule has 10 nitrogen and oxygen atoms in total. The van der Waals surface area contributed by atoms with E-state index in [4.69, 9.17) is 9.72 Å². The second-order valence-electron chi connectivity index (χ2n) is 11.2. The molecule has 226 valence electrons. The number of benzene rings is 2. The largest absolute Gasteiger partial charge is 0.494 e. The zero-order valence-corrected chi connectivity index (χ0v) is 25.6. The van der Waals surface area contributed by atoms with Gasteiger partial charge in [0.15, 0.2) is 0 Å². The number of carbonyl (C=O) groups excluding carboxylic acids is 1. The number of methoxy groups -OCH3 is 1. The SMILES string of the molecule is COc1cc(N(C)CCN(C)C)c(NC(=O)/C=C/CN2CCCCC2)cc1Nc1nccc(-n2ccc3ccccc32)n1. The first-order valence-electron chi connectivity index (χ1n) is 14.9. The molecule has 2 aromatic heterocycles. The first kappa shape index (κ1) is 30.1. The molecule has 1 amide bonds. The van der Waals surface area contributed by atoms with Gasteiger partial charge in [0.05, 0.1) is 29.7 Å². The van der Waals surface area contributed by atoms with Gasteiger partial charge in [0.2, 0.25) is 11.9 Å². The van der Waals surface area contributed by atoms with Crippen LogP contribution in [0.25, 0.3) is 16.7 Å². The smallest absolute Gasteiger partial charge is 0.248 e. The van der Waals surface area contributed by atoms with Gasteiger partial charge in [0, 0.05) is 51.2 Å². The predicted molar refractivity (Wildman–Crippen MR) is 175 cm³/mol. The summed E-state index contributed by atoms with van der Waals surface area (Å²) in [6, 6.07) is 15.9. The van der Waals surface area contributed by atoms with Crippen LogP contribution in [0.4, 0.5) is 23.0 Å². The third-order valence-corrected chi connectivity index (χ3v) is 7.68. The highest BCUT2D eigenvalue weighted by Gasteiger charge is 2.17. The van der Waals surface area contributed by atoms with E-state index in [9.17, 15) is 4.79 Å². The first-order chi connectivity index (χ1) is 20.9. The lowest BCUT2D eigenvalue weighted by Crippen LogP contribution is -2.30. The second-order valence-corrected chi connectivity index (χ2v) is 11.2. The molecule has 0 saturated carbocycles. The van der Waals surface area contributed by atoms with Crippen molar-refractivity contribution in [2.24, 2.45) is 0 Å². The highest BCUT2D eigenvalue weighted by atomic mass is 16.5. The summed E-state index contributed by atoms with van der Waals surface area (Å²) in [7, 11) is 7.74. The van der Waals surface area contributed by atoms with Gasteiger partial charge in [-0.15, -0.1) is 0 Å². The summed E-state index contributed by atoms with van der Waals surface area (Å²) in [6.07, 6.45) is 11.0. The quantitative estimate of drug-likeness (QED) is 0.222. The summed E-state index contributed by atoms with van der Waals surface area (Å²) in [5, 5.41) is 7.57. The van der Waals surface area contributed by atoms with Crippen LogP contribution in [0.3, 0.4) is 0 Å². The normalized spacial score (nSPS) is 14.0. The molecule has 2 aromatic carbocycles. The number of fused-ring (bicyclic) bond motifs is 1. The van der Waals surface area contributed by atoms with E-state index in [0.29, 0.717) is 23.1 Å². The predicted octanol–water partition coefficient (Wildman–Crippen LogP) is 5.15. The molecule has 1 aliphatic heterocycles. The van der Waals surface area contributed by atoms with Crippen LogP contribution in [0.5, 0.6) is 5.75 Å².